The summed E-state index contributed by atoms with van der Waals surface area (Å²) in [6, 6.07) is -1.88. The number of nitrogens with zero attached hydrogens (tertiary/aromatic N) is 5. The lowest BCUT2D eigenvalue weighted by molar-refractivity contribution is -0.139. The topological polar surface area (TPSA) is 134 Å². The van der Waals surface area contributed by atoms with Gasteiger partial charge in [0.2, 0.25) is 5.95 Å². The summed E-state index contributed by atoms with van der Waals surface area (Å²) < 4.78 is 56.0. The van der Waals surface area contributed by atoms with Gasteiger partial charge in [-0.3, -0.25) is 9.69 Å². The zero-order valence-electron chi connectivity index (χ0n) is 17.8. The number of alkyl halides is 4. The molecule has 1 unspecified atom stereocenters. The molecule has 0 spiro atoms. The second-order valence-corrected chi connectivity index (χ2v) is 8.73. The van der Waals surface area contributed by atoms with Gasteiger partial charge in [-0.15, -0.1) is 0 Å². The fraction of sp³-hybridized carbons (Fsp3) is 0.579. The Morgan fingerprint density at radius 2 is 2.06 bits per heavy atom. The van der Waals surface area contributed by atoms with Gasteiger partial charge in [-0.05, 0) is 19.3 Å². The number of halogens is 5. The minimum absolute atomic E-state index is 0.0185. The van der Waals surface area contributed by atoms with Crippen molar-refractivity contribution in [2.45, 2.75) is 49.7 Å². The van der Waals surface area contributed by atoms with Gasteiger partial charge in [0, 0.05) is 31.9 Å². The molecule has 2 aliphatic rings. The summed E-state index contributed by atoms with van der Waals surface area (Å²) in [4.78, 5) is 20.2. The van der Waals surface area contributed by atoms with Gasteiger partial charge in [0.15, 0.2) is 5.15 Å². The number of aromatic nitrogens is 4. The molecule has 1 aliphatic carbocycles. The number of hydrogen-bond donors (Lipinski definition) is 4. The summed E-state index contributed by atoms with van der Waals surface area (Å²) in [7, 11) is 0. The van der Waals surface area contributed by atoms with Gasteiger partial charge in [-0.25, -0.2) is 14.1 Å². The van der Waals surface area contributed by atoms with Crippen molar-refractivity contribution in [3.63, 3.8) is 0 Å². The predicted molar refractivity (Wildman–Crippen MR) is 115 cm³/mol. The van der Waals surface area contributed by atoms with Crippen LogP contribution in [0.15, 0.2) is 12.4 Å². The van der Waals surface area contributed by atoms with Crippen LogP contribution in [0.4, 0.5) is 35.0 Å². The van der Waals surface area contributed by atoms with Crippen LogP contribution in [0, 0.1) is 0 Å². The summed E-state index contributed by atoms with van der Waals surface area (Å²) >= 11 is 6.38. The fourth-order valence-corrected chi connectivity index (χ4v) is 3.98. The van der Waals surface area contributed by atoms with E-state index in [1.165, 1.54) is 10.9 Å². The monoisotopic (exact) mass is 506 g/mol. The van der Waals surface area contributed by atoms with E-state index in [1.54, 1.807) is 4.90 Å². The van der Waals surface area contributed by atoms with E-state index >= 15 is 0 Å². The minimum atomic E-state index is -4.61. The van der Waals surface area contributed by atoms with E-state index in [0.29, 0.717) is 19.2 Å². The quantitative estimate of drug-likeness (QED) is 0.398. The Labute approximate surface area is 196 Å². The lowest BCUT2D eigenvalue weighted by atomic mass is 10.0. The third-order valence-electron chi connectivity index (χ3n) is 5.67. The number of piperidine rings is 1. The molecule has 1 saturated carbocycles. The van der Waals surface area contributed by atoms with Gasteiger partial charge in [0.1, 0.15) is 23.6 Å². The second-order valence-electron chi connectivity index (χ2n) is 8.37. The van der Waals surface area contributed by atoms with Crippen LogP contribution in [-0.4, -0.2) is 73.6 Å². The third-order valence-corrected chi connectivity index (χ3v) is 6.05. The molecule has 10 nitrogen and oxygen atoms in total. The molecule has 186 valence electrons. The lowest BCUT2D eigenvalue weighted by Crippen LogP contribution is -2.49. The van der Waals surface area contributed by atoms with Crippen LogP contribution in [0.3, 0.4) is 0 Å². The second kappa shape index (κ2) is 9.50. The Morgan fingerprint density at radius 3 is 2.68 bits per heavy atom. The van der Waals surface area contributed by atoms with Crippen molar-refractivity contribution in [2.75, 3.05) is 30.3 Å². The number of rotatable bonds is 8. The molecule has 2 fully saturated rings. The number of carboxylic acids is 1. The standard InChI is InChI=1S/C19H23ClF4N8O2/c20-15-13(29-18-26-5-10(19(22,23)24)16(30-18)28-9-1-2-9)6-27-32(15)14-3-4-31(7-11(14)21)8-12(25)17(33)34/h5-6,9,11-12,14H,1-4,7-8,25H2,(H,33,34)(H2,26,28,29,30)/t11-,12?,14-/m0/s1. The van der Waals surface area contributed by atoms with Crippen molar-refractivity contribution in [1.29, 1.82) is 0 Å². The average molecular weight is 507 g/mol. The smallest absolute Gasteiger partial charge is 0.421 e. The third kappa shape index (κ3) is 5.50. The maximum atomic E-state index is 14.9. The largest absolute Gasteiger partial charge is 0.480 e. The zero-order chi connectivity index (χ0) is 24.6. The molecular weight excluding hydrogens is 484 g/mol. The first-order chi connectivity index (χ1) is 16.0. The molecular formula is C19H23ClF4N8O2. The van der Waals surface area contributed by atoms with E-state index in [4.69, 9.17) is 22.4 Å². The van der Waals surface area contributed by atoms with Gasteiger partial charge < -0.3 is 21.5 Å². The first kappa shape index (κ1) is 24.4. The predicted octanol–water partition coefficient (Wildman–Crippen LogP) is 2.66. The van der Waals surface area contributed by atoms with E-state index in [0.717, 1.165) is 12.8 Å². The van der Waals surface area contributed by atoms with Gasteiger partial charge in [-0.1, -0.05) is 11.6 Å². The normalized spacial score (nSPS) is 22.4. The van der Waals surface area contributed by atoms with Crippen molar-refractivity contribution in [3.8, 4) is 0 Å². The number of carboxylic acid groups (broad SMARTS) is 1. The number of carbonyl (C=O) groups is 1. The first-order valence-corrected chi connectivity index (χ1v) is 11.0. The molecule has 1 saturated heterocycles. The van der Waals surface area contributed by atoms with E-state index in [2.05, 4.69) is 25.7 Å². The van der Waals surface area contributed by atoms with Crippen molar-refractivity contribution < 1.29 is 27.5 Å². The van der Waals surface area contributed by atoms with Crippen LogP contribution >= 0.6 is 11.6 Å². The van der Waals surface area contributed by atoms with E-state index in [9.17, 15) is 22.4 Å². The molecule has 0 aromatic carbocycles. The van der Waals surface area contributed by atoms with Crippen molar-refractivity contribution in [1.82, 2.24) is 24.6 Å². The molecule has 3 atom stereocenters. The van der Waals surface area contributed by atoms with Gasteiger partial charge in [0.25, 0.3) is 0 Å². The summed E-state index contributed by atoms with van der Waals surface area (Å²) in [5, 5.41) is 18.6. The minimum Gasteiger partial charge on any atom is -0.480 e. The number of likely N-dealkylation sites (tertiary alicyclic amines) is 1. The average Bonchev–Trinajstić information content (AvgIpc) is 3.50. The Hall–Kier alpha value is -2.71. The van der Waals surface area contributed by atoms with Crippen LogP contribution in [0.1, 0.15) is 30.9 Å². The number of aliphatic carboxylic acids is 1. The van der Waals surface area contributed by atoms with E-state index < -0.39 is 36.0 Å². The van der Waals surface area contributed by atoms with Crippen molar-refractivity contribution in [3.05, 3.63) is 23.1 Å². The molecule has 0 radical (unpaired) electrons. The van der Waals surface area contributed by atoms with Crippen LogP contribution in [-0.2, 0) is 11.0 Å². The molecule has 4 rings (SSSR count). The molecule has 2 aromatic rings. The van der Waals surface area contributed by atoms with Crippen molar-refractivity contribution >= 4 is 35.0 Å². The lowest BCUT2D eigenvalue weighted by Gasteiger charge is -2.35. The Balaban J connectivity index is 1.46. The van der Waals surface area contributed by atoms with Crippen molar-refractivity contribution in [2.24, 2.45) is 5.73 Å². The highest BCUT2D eigenvalue weighted by Crippen LogP contribution is 2.37. The molecule has 3 heterocycles. The Kier molecular flexibility index (Phi) is 6.82. The molecule has 2 aromatic heterocycles. The van der Waals surface area contributed by atoms with Crippen LogP contribution in [0.5, 0.6) is 0 Å². The Bertz CT molecular complexity index is 1050. The molecule has 0 amide bonds. The maximum Gasteiger partial charge on any atom is 0.421 e. The number of nitrogens with two attached hydrogens (primary N) is 1. The summed E-state index contributed by atoms with van der Waals surface area (Å²) in [6.07, 6.45) is -2.18. The highest BCUT2D eigenvalue weighted by molar-refractivity contribution is 6.32. The highest BCUT2D eigenvalue weighted by atomic mass is 35.5. The SMILES string of the molecule is NC(CN1CC[C@H](n2ncc(Nc3ncc(C(F)(F)F)c(NC4CC4)n3)c2Cl)[C@@H](F)C1)C(=O)O. The number of nitrogens with one attached hydrogen (secondary N) is 2. The van der Waals surface area contributed by atoms with E-state index in [-0.39, 0.29) is 41.7 Å². The summed E-state index contributed by atoms with van der Waals surface area (Å²) in [6.45, 7) is 0.372. The van der Waals surface area contributed by atoms with E-state index in [1.807, 2.05) is 0 Å². The fourth-order valence-electron chi connectivity index (χ4n) is 3.72. The molecule has 15 heteroatoms. The zero-order valence-corrected chi connectivity index (χ0v) is 18.5. The molecule has 0 bridgehead atoms. The van der Waals surface area contributed by atoms with Gasteiger partial charge in [-0.2, -0.15) is 23.3 Å². The van der Waals surface area contributed by atoms with Crippen LogP contribution < -0.4 is 16.4 Å². The molecule has 34 heavy (non-hydrogen) atoms. The maximum absolute atomic E-state index is 14.9. The Morgan fingerprint density at radius 1 is 1.32 bits per heavy atom. The highest BCUT2D eigenvalue weighted by Gasteiger charge is 2.37. The van der Waals surface area contributed by atoms with Crippen LogP contribution in [0.25, 0.3) is 0 Å². The number of anilines is 3. The molecule has 1 aliphatic heterocycles. The van der Waals surface area contributed by atoms with Crippen LogP contribution in [0.2, 0.25) is 5.15 Å². The molecule has 5 N–H and O–H groups in total. The first-order valence-electron chi connectivity index (χ1n) is 10.6. The summed E-state index contributed by atoms with van der Waals surface area (Å²) in [5.41, 5.74) is 4.76. The summed E-state index contributed by atoms with van der Waals surface area (Å²) in [5.74, 6) is -1.61. The van der Waals surface area contributed by atoms with Gasteiger partial charge in [0.05, 0.1) is 17.9 Å². The number of hydrogen-bond acceptors (Lipinski definition) is 8. The van der Waals surface area contributed by atoms with Gasteiger partial charge >= 0.3 is 12.1 Å².